The minimum Gasteiger partial charge on any atom is -0.361 e. The van der Waals surface area contributed by atoms with E-state index < -0.39 is 11.9 Å². The van der Waals surface area contributed by atoms with Crippen molar-refractivity contribution in [2.24, 2.45) is 5.73 Å². The van der Waals surface area contributed by atoms with Crippen LogP contribution >= 0.6 is 0 Å². The summed E-state index contributed by atoms with van der Waals surface area (Å²) in [5.74, 6) is 0.155. The number of halogens is 3. The van der Waals surface area contributed by atoms with Gasteiger partial charge in [-0.1, -0.05) is 5.16 Å². The van der Waals surface area contributed by atoms with Gasteiger partial charge in [0.2, 0.25) is 0 Å². The Morgan fingerprint density at radius 1 is 1.62 bits per heavy atom. The number of hydrogen-bond acceptors (Lipinski definition) is 3. The lowest BCUT2D eigenvalue weighted by Crippen LogP contribution is -2.17. The molecule has 0 aliphatic carbocycles. The Hall–Kier alpha value is -1.04. The zero-order valence-electron chi connectivity index (χ0n) is 6.93. The molecule has 0 bridgehead atoms. The molecule has 0 saturated carbocycles. The van der Waals surface area contributed by atoms with E-state index in [9.17, 15) is 13.2 Å². The van der Waals surface area contributed by atoms with Gasteiger partial charge in [0.1, 0.15) is 5.76 Å². The first-order chi connectivity index (χ1) is 5.89. The molecule has 0 aromatic carbocycles. The molecule has 0 radical (unpaired) electrons. The summed E-state index contributed by atoms with van der Waals surface area (Å²) in [5.41, 5.74) is 4.36. The van der Waals surface area contributed by atoms with Gasteiger partial charge < -0.3 is 10.3 Å². The third kappa shape index (κ3) is 2.73. The normalized spacial score (nSPS) is 14.5. The number of hydrogen-bond donors (Lipinski definition) is 1. The molecule has 1 unspecified atom stereocenters. The van der Waals surface area contributed by atoms with Crippen LogP contribution in [-0.2, 0) is 12.6 Å². The molecular formula is C7H9F3N2O. The van der Waals surface area contributed by atoms with Gasteiger partial charge in [-0.15, -0.1) is 0 Å². The molecule has 1 rings (SSSR count). The quantitative estimate of drug-likeness (QED) is 0.777. The summed E-state index contributed by atoms with van der Waals surface area (Å²) in [6.07, 6.45) is -4.19. The van der Waals surface area contributed by atoms with Gasteiger partial charge in [-0.05, 0) is 6.92 Å². The third-order valence-electron chi connectivity index (χ3n) is 1.37. The number of alkyl halides is 3. The predicted molar refractivity (Wildman–Crippen MR) is 38.9 cm³/mol. The van der Waals surface area contributed by atoms with Crippen molar-refractivity contribution in [3.05, 3.63) is 17.5 Å². The Labute approximate surface area is 72.7 Å². The summed E-state index contributed by atoms with van der Waals surface area (Å²) < 4.78 is 40.4. The molecule has 2 N–H and O–H groups in total. The maximum Gasteiger partial charge on any atom is 0.436 e. The maximum absolute atomic E-state index is 12.0. The SMILES string of the molecule is CC(N)Cc1cc(C(F)(F)F)no1. The van der Waals surface area contributed by atoms with Gasteiger partial charge in [0.25, 0.3) is 0 Å². The molecule has 1 aromatic heterocycles. The highest BCUT2D eigenvalue weighted by Gasteiger charge is 2.34. The average molecular weight is 194 g/mol. The molecule has 0 fully saturated rings. The Kier molecular flexibility index (Phi) is 2.60. The van der Waals surface area contributed by atoms with Crippen LogP contribution in [0.3, 0.4) is 0 Å². The second-order valence-corrected chi connectivity index (χ2v) is 2.86. The molecule has 13 heavy (non-hydrogen) atoms. The monoisotopic (exact) mass is 194 g/mol. The molecule has 0 aliphatic rings. The molecular weight excluding hydrogens is 185 g/mol. The topological polar surface area (TPSA) is 52.0 Å². The highest BCUT2D eigenvalue weighted by atomic mass is 19.4. The van der Waals surface area contributed by atoms with Gasteiger partial charge in [-0.25, -0.2) is 0 Å². The van der Waals surface area contributed by atoms with E-state index in [1.54, 1.807) is 6.92 Å². The predicted octanol–water partition coefficient (Wildman–Crippen LogP) is 1.58. The fourth-order valence-electron chi connectivity index (χ4n) is 0.860. The summed E-state index contributed by atoms with van der Waals surface area (Å²) in [6.45, 7) is 1.68. The largest absolute Gasteiger partial charge is 0.436 e. The van der Waals surface area contributed by atoms with Gasteiger partial charge in [0.15, 0.2) is 5.69 Å². The first kappa shape index (κ1) is 10.0. The number of nitrogens with two attached hydrogens (primary N) is 1. The summed E-state index contributed by atoms with van der Waals surface area (Å²) in [5, 5.41) is 2.88. The van der Waals surface area contributed by atoms with Crippen molar-refractivity contribution in [2.45, 2.75) is 25.6 Å². The van der Waals surface area contributed by atoms with Gasteiger partial charge in [-0.3, -0.25) is 0 Å². The summed E-state index contributed by atoms with van der Waals surface area (Å²) in [6, 6.07) is 0.623. The Balaban J connectivity index is 2.75. The van der Waals surface area contributed by atoms with E-state index in [0.717, 1.165) is 6.07 Å². The molecule has 6 heteroatoms. The Morgan fingerprint density at radius 2 is 2.23 bits per heavy atom. The van der Waals surface area contributed by atoms with Crippen LogP contribution in [0, 0.1) is 0 Å². The van der Waals surface area contributed by atoms with E-state index in [-0.39, 0.29) is 18.2 Å². The smallest absolute Gasteiger partial charge is 0.361 e. The minimum atomic E-state index is -4.44. The highest BCUT2D eigenvalue weighted by Crippen LogP contribution is 2.28. The first-order valence-electron chi connectivity index (χ1n) is 3.68. The van der Waals surface area contributed by atoms with Crippen molar-refractivity contribution in [1.29, 1.82) is 0 Å². The Morgan fingerprint density at radius 3 is 2.62 bits per heavy atom. The number of rotatable bonds is 2. The van der Waals surface area contributed by atoms with Crippen molar-refractivity contribution >= 4 is 0 Å². The average Bonchev–Trinajstić information content (AvgIpc) is 2.32. The first-order valence-corrected chi connectivity index (χ1v) is 3.68. The third-order valence-corrected chi connectivity index (χ3v) is 1.37. The van der Waals surface area contributed by atoms with E-state index in [4.69, 9.17) is 5.73 Å². The van der Waals surface area contributed by atoms with E-state index in [1.165, 1.54) is 0 Å². The minimum absolute atomic E-state index is 0.155. The molecule has 3 nitrogen and oxygen atoms in total. The van der Waals surface area contributed by atoms with Crippen LogP contribution < -0.4 is 5.73 Å². The molecule has 1 heterocycles. The zero-order chi connectivity index (χ0) is 10.1. The van der Waals surface area contributed by atoms with Gasteiger partial charge in [0, 0.05) is 18.5 Å². The molecule has 0 amide bonds. The van der Waals surface area contributed by atoms with E-state index in [1.807, 2.05) is 0 Å². The van der Waals surface area contributed by atoms with Gasteiger partial charge in [-0.2, -0.15) is 13.2 Å². The lowest BCUT2D eigenvalue weighted by Gasteiger charge is -1.98. The second-order valence-electron chi connectivity index (χ2n) is 2.86. The molecule has 1 aromatic rings. The molecule has 0 aliphatic heterocycles. The lowest BCUT2D eigenvalue weighted by atomic mass is 10.2. The molecule has 0 saturated heterocycles. The van der Waals surface area contributed by atoms with Crippen LogP contribution in [0.15, 0.2) is 10.6 Å². The summed E-state index contributed by atoms with van der Waals surface area (Å²) in [7, 11) is 0. The van der Waals surface area contributed by atoms with Crippen LogP contribution in [0.25, 0.3) is 0 Å². The second kappa shape index (κ2) is 3.37. The Bertz CT molecular complexity index is 280. The van der Waals surface area contributed by atoms with E-state index >= 15 is 0 Å². The van der Waals surface area contributed by atoms with E-state index in [2.05, 4.69) is 9.68 Å². The molecule has 74 valence electrons. The molecule has 0 spiro atoms. The van der Waals surface area contributed by atoms with Crippen LogP contribution in [0.2, 0.25) is 0 Å². The van der Waals surface area contributed by atoms with E-state index in [0.29, 0.717) is 0 Å². The number of nitrogens with zero attached hydrogens (tertiary/aromatic N) is 1. The van der Waals surface area contributed by atoms with Crippen molar-refractivity contribution < 1.29 is 17.7 Å². The van der Waals surface area contributed by atoms with Gasteiger partial charge >= 0.3 is 6.18 Å². The maximum atomic E-state index is 12.0. The molecule has 1 atom stereocenters. The van der Waals surface area contributed by atoms with Crippen LogP contribution in [0.4, 0.5) is 13.2 Å². The summed E-state index contributed by atoms with van der Waals surface area (Å²) >= 11 is 0. The summed E-state index contributed by atoms with van der Waals surface area (Å²) in [4.78, 5) is 0. The van der Waals surface area contributed by atoms with Gasteiger partial charge in [0.05, 0.1) is 0 Å². The number of aromatic nitrogens is 1. The lowest BCUT2D eigenvalue weighted by molar-refractivity contribution is -0.142. The van der Waals surface area contributed by atoms with Crippen molar-refractivity contribution in [3.8, 4) is 0 Å². The van der Waals surface area contributed by atoms with Crippen molar-refractivity contribution in [3.63, 3.8) is 0 Å². The van der Waals surface area contributed by atoms with Crippen molar-refractivity contribution in [1.82, 2.24) is 5.16 Å². The van der Waals surface area contributed by atoms with Crippen molar-refractivity contribution in [2.75, 3.05) is 0 Å². The van der Waals surface area contributed by atoms with Crippen LogP contribution in [-0.4, -0.2) is 11.2 Å². The fourth-order valence-corrected chi connectivity index (χ4v) is 0.860. The highest BCUT2D eigenvalue weighted by molar-refractivity contribution is 5.09. The van der Waals surface area contributed by atoms with Crippen LogP contribution in [0.5, 0.6) is 0 Å². The zero-order valence-corrected chi connectivity index (χ0v) is 6.93. The fraction of sp³-hybridized carbons (Fsp3) is 0.571. The standard InChI is InChI=1S/C7H9F3N2O/c1-4(11)2-5-3-6(12-13-5)7(8,9)10/h3-4H,2,11H2,1H3. The van der Waals surface area contributed by atoms with Crippen LogP contribution in [0.1, 0.15) is 18.4 Å².